The van der Waals surface area contributed by atoms with E-state index in [1.165, 1.54) is 6.33 Å². The first-order chi connectivity index (χ1) is 9.15. The largest absolute Gasteiger partial charge is 0.475 e. The minimum Gasteiger partial charge on any atom is -0.475 e. The summed E-state index contributed by atoms with van der Waals surface area (Å²) in [5, 5.41) is 3.01. The van der Waals surface area contributed by atoms with Crippen molar-refractivity contribution in [3.8, 4) is 5.88 Å². The number of hydrogen-bond donors (Lipinski definition) is 1. The van der Waals surface area contributed by atoms with Gasteiger partial charge < -0.3 is 15.0 Å². The second-order valence-electron chi connectivity index (χ2n) is 4.85. The third-order valence-electron chi connectivity index (χ3n) is 2.88. The van der Waals surface area contributed by atoms with Gasteiger partial charge in [-0.3, -0.25) is 4.79 Å². The molecule has 1 amide bonds. The summed E-state index contributed by atoms with van der Waals surface area (Å²) in [4.78, 5) is 21.8. The number of aromatic nitrogens is 2. The van der Waals surface area contributed by atoms with Crippen LogP contribution in [0.2, 0.25) is 0 Å². The number of likely N-dealkylation sites (tertiary alicyclic amines) is 1. The molecule has 0 bridgehead atoms. The molecule has 1 aromatic heterocycles. The minimum atomic E-state index is 0.0639. The van der Waals surface area contributed by atoms with Gasteiger partial charge in [0.2, 0.25) is 11.8 Å². The van der Waals surface area contributed by atoms with E-state index in [1.54, 1.807) is 6.07 Å². The summed E-state index contributed by atoms with van der Waals surface area (Å²) in [5.74, 6) is 1.24. The normalized spacial score (nSPS) is 14.8. The van der Waals surface area contributed by atoms with Gasteiger partial charge in [0, 0.05) is 19.2 Å². The highest BCUT2D eigenvalue weighted by molar-refractivity contribution is 5.80. The van der Waals surface area contributed by atoms with Crippen LogP contribution in [0, 0.1) is 0 Å². The van der Waals surface area contributed by atoms with Crippen molar-refractivity contribution in [1.82, 2.24) is 14.9 Å². The number of rotatable bonds is 5. The Balaban J connectivity index is 1.86. The molecule has 1 saturated heterocycles. The van der Waals surface area contributed by atoms with E-state index in [1.807, 2.05) is 18.7 Å². The van der Waals surface area contributed by atoms with Crippen LogP contribution in [0.25, 0.3) is 0 Å². The maximum absolute atomic E-state index is 11.9. The van der Waals surface area contributed by atoms with Crippen molar-refractivity contribution in [3.05, 3.63) is 12.4 Å². The van der Waals surface area contributed by atoms with E-state index < -0.39 is 0 Å². The van der Waals surface area contributed by atoms with Gasteiger partial charge in [-0.05, 0) is 26.7 Å². The van der Waals surface area contributed by atoms with Crippen LogP contribution in [0.5, 0.6) is 5.88 Å². The fraction of sp³-hybridized carbons (Fsp3) is 0.615. The molecule has 0 spiro atoms. The van der Waals surface area contributed by atoms with Crippen molar-refractivity contribution in [3.63, 3.8) is 0 Å². The number of nitrogens with one attached hydrogen (secondary N) is 1. The molecule has 1 aliphatic heterocycles. The Morgan fingerprint density at radius 1 is 1.42 bits per heavy atom. The molecular formula is C13H20N4O2. The average Bonchev–Trinajstić information content (AvgIpc) is 2.89. The van der Waals surface area contributed by atoms with Crippen LogP contribution in [-0.2, 0) is 4.79 Å². The van der Waals surface area contributed by atoms with Crippen LogP contribution < -0.4 is 10.1 Å². The van der Waals surface area contributed by atoms with E-state index in [-0.39, 0.29) is 18.6 Å². The summed E-state index contributed by atoms with van der Waals surface area (Å²) in [6, 6.07) is 1.71. The third-order valence-corrected chi connectivity index (χ3v) is 2.88. The molecule has 19 heavy (non-hydrogen) atoms. The molecule has 6 heteroatoms. The van der Waals surface area contributed by atoms with Gasteiger partial charge in [0.25, 0.3) is 0 Å². The SMILES string of the molecule is CC(C)Oc1cc(NCC(=O)N2CCCC2)ncn1. The summed E-state index contributed by atoms with van der Waals surface area (Å²) in [6.45, 7) is 5.87. The van der Waals surface area contributed by atoms with Gasteiger partial charge in [0.15, 0.2) is 0 Å². The van der Waals surface area contributed by atoms with Crippen molar-refractivity contribution < 1.29 is 9.53 Å². The van der Waals surface area contributed by atoms with Gasteiger partial charge >= 0.3 is 0 Å². The summed E-state index contributed by atoms with van der Waals surface area (Å²) in [7, 11) is 0. The van der Waals surface area contributed by atoms with Crippen molar-refractivity contribution in [1.29, 1.82) is 0 Å². The summed E-state index contributed by atoms with van der Waals surface area (Å²) < 4.78 is 5.47. The second kappa shape index (κ2) is 6.36. The lowest BCUT2D eigenvalue weighted by atomic mass is 10.4. The molecule has 2 heterocycles. The lowest BCUT2D eigenvalue weighted by Gasteiger charge is -2.16. The Hall–Kier alpha value is -1.85. The predicted octanol–water partition coefficient (Wildman–Crippen LogP) is 1.30. The molecule has 104 valence electrons. The van der Waals surface area contributed by atoms with Gasteiger partial charge in [-0.25, -0.2) is 9.97 Å². The van der Waals surface area contributed by atoms with Crippen molar-refractivity contribution in [2.45, 2.75) is 32.8 Å². The Morgan fingerprint density at radius 3 is 2.84 bits per heavy atom. The molecule has 0 atom stereocenters. The lowest BCUT2D eigenvalue weighted by molar-refractivity contribution is -0.128. The van der Waals surface area contributed by atoms with Gasteiger partial charge in [-0.15, -0.1) is 0 Å². The molecule has 0 saturated carbocycles. The highest BCUT2D eigenvalue weighted by Gasteiger charge is 2.17. The first kappa shape index (κ1) is 13.6. The van der Waals surface area contributed by atoms with E-state index in [0.29, 0.717) is 11.7 Å². The molecule has 1 fully saturated rings. The summed E-state index contributed by atoms with van der Waals surface area (Å²) in [5.41, 5.74) is 0. The molecule has 1 aromatic rings. The monoisotopic (exact) mass is 264 g/mol. The van der Waals surface area contributed by atoms with E-state index >= 15 is 0 Å². The van der Waals surface area contributed by atoms with Crippen molar-refractivity contribution in [2.24, 2.45) is 0 Å². The maximum atomic E-state index is 11.9. The lowest BCUT2D eigenvalue weighted by Crippen LogP contribution is -2.33. The van der Waals surface area contributed by atoms with E-state index in [4.69, 9.17) is 4.74 Å². The van der Waals surface area contributed by atoms with Crippen LogP contribution in [0.4, 0.5) is 5.82 Å². The number of amides is 1. The van der Waals surface area contributed by atoms with Crippen LogP contribution in [0.3, 0.4) is 0 Å². The van der Waals surface area contributed by atoms with Crippen molar-refractivity contribution in [2.75, 3.05) is 25.0 Å². The van der Waals surface area contributed by atoms with E-state index in [9.17, 15) is 4.79 Å². The van der Waals surface area contributed by atoms with Crippen LogP contribution in [-0.4, -0.2) is 46.5 Å². The molecule has 0 aliphatic carbocycles. The van der Waals surface area contributed by atoms with Crippen LogP contribution in [0.15, 0.2) is 12.4 Å². The molecule has 2 rings (SSSR count). The molecule has 6 nitrogen and oxygen atoms in total. The first-order valence-electron chi connectivity index (χ1n) is 6.65. The molecule has 0 unspecified atom stereocenters. The highest BCUT2D eigenvalue weighted by Crippen LogP contribution is 2.13. The zero-order chi connectivity index (χ0) is 13.7. The molecule has 1 aliphatic rings. The fourth-order valence-corrected chi connectivity index (χ4v) is 1.99. The third kappa shape index (κ3) is 4.08. The van der Waals surface area contributed by atoms with E-state index in [0.717, 1.165) is 25.9 Å². The summed E-state index contributed by atoms with van der Waals surface area (Å²) in [6.07, 6.45) is 3.70. The Morgan fingerprint density at radius 2 is 2.16 bits per heavy atom. The Bertz CT molecular complexity index is 430. The summed E-state index contributed by atoms with van der Waals surface area (Å²) >= 11 is 0. The van der Waals surface area contributed by atoms with Crippen LogP contribution in [0.1, 0.15) is 26.7 Å². The molecular weight excluding hydrogens is 244 g/mol. The zero-order valence-corrected chi connectivity index (χ0v) is 11.4. The highest BCUT2D eigenvalue weighted by atomic mass is 16.5. The maximum Gasteiger partial charge on any atom is 0.241 e. The standard InChI is InChI=1S/C13H20N4O2/c1-10(2)19-12-7-11(15-9-16-12)14-8-13(18)17-5-3-4-6-17/h7,9-10H,3-6,8H2,1-2H3,(H,14,15,16). The number of anilines is 1. The Labute approximate surface area is 113 Å². The Kier molecular flexibility index (Phi) is 4.54. The smallest absolute Gasteiger partial charge is 0.241 e. The topological polar surface area (TPSA) is 67.3 Å². The number of hydrogen-bond acceptors (Lipinski definition) is 5. The number of ether oxygens (including phenoxy) is 1. The number of carbonyl (C=O) groups is 1. The average molecular weight is 264 g/mol. The molecule has 0 aromatic carbocycles. The van der Waals surface area contributed by atoms with Crippen LogP contribution >= 0.6 is 0 Å². The molecule has 0 radical (unpaired) electrons. The molecule has 1 N–H and O–H groups in total. The first-order valence-corrected chi connectivity index (χ1v) is 6.65. The van der Waals surface area contributed by atoms with E-state index in [2.05, 4.69) is 15.3 Å². The fourth-order valence-electron chi connectivity index (χ4n) is 1.99. The van der Waals surface area contributed by atoms with Gasteiger partial charge in [-0.2, -0.15) is 0 Å². The minimum absolute atomic E-state index is 0.0639. The predicted molar refractivity (Wildman–Crippen MR) is 72.1 cm³/mol. The van der Waals surface area contributed by atoms with Gasteiger partial charge in [-0.1, -0.05) is 0 Å². The number of carbonyl (C=O) groups excluding carboxylic acids is 1. The van der Waals surface area contributed by atoms with Gasteiger partial charge in [0.05, 0.1) is 12.6 Å². The van der Waals surface area contributed by atoms with Crippen molar-refractivity contribution >= 4 is 11.7 Å². The second-order valence-corrected chi connectivity index (χ2v) is 4.85. The number of nitrogens with zero attached hydrogens (tertiary/aromatic N) is 3. The van der Waals surface area contributed by atoms with Gasteiger partial charge in [0.1, 0.15) is 12.1 Å². The quantitative estimate of drug-likeness (QED) is 0.868. The zero-order valence-electron chi connectivity index (χ0n) is 11.4.